The van der Waals surface area contributed by atoms with Gasteiger partial charge in [-0.3, -0.25) is 14.9 Å². The van der Waals surface area contributed by atoms with Crippen LogP contribution in [0.2, 0.25) is 5.02 Å². The summed E-state index contributed by atoms with van der Waals surface area (Å²) in [4.78, 5) is 21.7. The van der Waals surface area contributed by atoms with Gasteiger partial charge in [-0.15, -0.1) is 0 Å². The minimum Gasteiger partial charge on any atom is -0.395 e. The number of benzene rings is 1. The minimum atomic E-state index is -0.688. The molecule has 1 aromatic heterocycles. The Labute approximate surface area is 125 Å². The van der Waals surface area contributed by atoms with Gasteiger partial charge < -0.3 is 9.73 Å². The molecule has 21 heavy (non-hydrogen) atoms. The van der Waals surface area contributed by atoms with E-state index in [1.54, 1.807) is 6.07 Å². The molecule has 0 aliphatic carbocycles. The molecule has 2 rings (SSSR count). The third-order valence-electron chi connectivity index (χ3n) is 2.80. The van der Waals surface area contributed by atoms with Crippen LogP contribution in [0.4, 0.5) is 5.88 Å². The smallest absolute Gasteiger partial charge is 0.395 e. The summed E-state index contributed by atoms with van der Waals surface area (Å²) in [6.07, 6.45) is 0.592. The molecule has 7 heteroatoms. The number of nitro groups is 1. The molecule has 0 aliphatic rings. The quantitative estimate of drug-likeness (QED) is 0.679. The Balaban J connectivity index is 1.96. The molecular weight excluding hydrogens is 296 g/mol. The largest absolute Gasteiger partial charge is 0.433 e. The molecule has 0 fully saturated rings. The Morgan fingerprint density at radius 3 is 2.81 bits per heavy atom. The topological polar surface area (TPSA) is 85.4 Å². The number of furan rings is 1. The Hall–Kier alpha value is -2.34. The highest BCUT2D eigenvalue weighted by atomic mass is 35.5. The van der Waals surface area contributed by atoms with Crippen molar-refractivity contribution in [1.82, 2.24) is 5.32 Å². The zero-order chi connectivity index (χ0) is 15.4. The number of halogens is 1. The van der Waals surface area contributed by atoms with Crippen LogP contribution >= 0.6 is 11.6 Å². The molecule has 1 atom stereocenters. The summed E-state index contributed by atoms with van der Waals surface area (Å²) in [6, 6.07) is 9.60. The summed E-state index contributed by atoms with van der Waals surface area (Å²) in [5.41, 5.74) is 0.987. The van der Waals surface area contributed by atoms with E-state index in [2.05, 4.69) is 5.32 Å². The average Bonchev–Trinajstić information content (AvgIpc) is 2.88. The van der Waals surface area contributed by atoms with Crippen molar-refractivity contribution in [2.24, 2.45) is 0 Å². The third kappa shape index (κ3) is 4.06. The Morgan fingerprint density at radius 2 is 2.19 bits per heavy atom. The number of nitrogens with zero attached hydrogens (tertiary/aromatic N) is 1. The van der Waals surface area contributed by atoms with E-state index in [9.17, 15) is 14.9 Å². The summed E-state index contributed by atoms with van der Waals surface area (Å²) in [6.45, 7) is 1.83. The number of amides is 1. The van der Waals surface area contributed by atoms with E-state index in [-0.39, 0.29) is 11.8 Å². The Bertz CT molecular complexity index is 668. The fourth-order valence-corrected chi connectivity index (χ4v) is 2.12. The van der Waals surface area contributed by atoms with Gasteiger partial charge in [0.25, 0.3) is 5.91 Å². The molecule has 0 radical (unpaired) electrons. The first-order valence-electron chi connectivity index (χ1n) is 6.25. The molecule has 110 valence electrons. The lowest BCUT2D eigenvalue weighted by atomic mass is 10.1. The first-order chi connectivity index (χ1) is 9.95. The lowest BCUT2D eigenvalue weighted by Crippen LogP contribution is -2.33. The number of carbonyl (C=O) groups is 1. The van der Waals surface area contributed by atoms with Crippen LogP contribution in [-0.4, -0.2) is 16.9 Å². The minimum absolute atomic E-state index is 0.0837. The van der Waals surface area contributed by atoms with Crippen molar-refractivity contribution in [2.75, 3.05) is 0 Å². The van der Waals surface area contributed by atoms with E-state index in [1.165, 1.54) is 6.07 Å². The maximum absolute atomic E-state index is 11.9. The highest BCUT2D eigenvalue weighted by Gasteiger charge is 2.18. The zero-order valence-corrected chi connectivity index (χ0v) is 12.0. The van der Waals surface area contributed by atoms with Gasteiger partial charge in [0.15, 0.2) is 5.76 Å². The SMILES string of the molecule is C[C@@H](Cc1cccc(Cl)c1)NC(=O)c1ccc([N+](=O)[O-])o1. The monoisotopic (exact) mass is 308 g/mol. The highest BCUT2D eigenvalue weighted by molar-refractivity contribution is 6.30. The van der Waals surface area contributed by atoms with Crippen molar-refractivity contribution in [3.05, 3.63) is 62.9 Å². The molecule has 6 nitrogen and oxygen atoms in total. The van der Waals surface area contributed by atoms with Gasteiger partial charge in [0, 0.05) is 11.1 Å². The molecule has 2 aromatic rings. The van der Waals surface area contributed by atoms with Crippen LogP contribution in [0.3, 0.4) is 0 Å². The van der Waals surface area contributed by atoms with E-state index in [4.69, 9.17) is 16.0 Å². The maximum atomic E-state index is 11.9. The molecule has 0 saturated carbocycles. The van der Waals surface area contributed by atoms with E-state index in [0.717, 1.165) is 11.6 Å². The van der Waals surface area contributed by atoms with Crippen molar-refractivity contribution in [3.8, 4) is 0 Å². The second-order valence-corrected chi connectivity index (χ2v) is 5.04. The van der Waals surface area contributed by atoms with Crippen molar-refractivity contribution in [3.63, 3.8) is 0 Å². The molecule has 1 amide bonds. The number of nitrogens with one attached hydrogen (secondary N) is 1. The predicted octanol–water partition coefficient (Wildman–Crippen LogP) is 3.20. The van der Waals surface area contributed by atoms with Crippen LogP contribution in [0.25, 0.3) is 0 Å². The van der Waals surface area contributed by atoms with Crippen LogP contribution < -0.4 is 5.32 Å². The molecule has 0 spiro atoms. The second-order valence-electron chi connectivity index (χ2n) is 4.60. The van der Waals surface area contributed by atoms with Crippen molar-refractivity contribution >= 4 is 23.4 Å². The van der Waals surface area contributed by atoms with Crippen LogP contribution in [0, 0.1) is 10.1 Å². The number of hydrogen-bond donors (Lipinski definition) is 1. The van der Waals surface area contributed by atoms with Gasteiger partial charge >= 0.3 is 5.88 Å². The van der Waals surface area contributed by atoms with Crippen LogP contribution in [0.15, 0.2) is 40.8 Å². The van der Waals surface area contributed by atoms with Gasteiger partial charge in [0.2, 0.25) is 0 Å². The zero-order valence-electron chi connectivity index (χ0n) is 11.2. The number of rotatable bonds is 5. The molecule has 0 saturated heterocycles. The fraction of sp³-hybridized carbons (Fsp3) is 0.214. The normalized spacial score (nSPS) is 11.9. The van der Waals surface area contributed by atoms with Gasteiger partial charge in [-0.25, -0.2) is 0 Å². The molecule has 0 bridgehead atoms. The van der Waals surface area contributed by atoms with Gasteiger partial charge in [0.05, 0.1) is 6.07 Å². The molecular formula is C14H13ClN2O4. The first kappa shape index (κ1) is 15.1. The van der Waals surface area contributed by atoms with E-state index in [1.807, 2.05) is 25.1 Å². The second kappa shape index (κ2) is 6.41. The molecule has 1 aromatic carbocycles. The lowest BCUT2D eigenvalue weighted by molar-refractivity contribution is -0.402. The van der Waals surface area contributed by atoms with Crippen LogP contribution in [0.5, 0.6) is 0 Å². The van der Waals surface area contributed by atoms with Crippen molar-refractivity contribution < 1.29 is 14.1 Å². The van der Waals surface area contributed by atoms with Crippen LogP contribution in [0.1, 0.15) is 23.0 Å². The number of carbonyl (C=O) groups excluding carboxylic acids is 1. The Morgan fingerprint density at radius 1 is 1.43 bits per heavy atom. The molecule has 1 N–H and O–H groups in total. The summed E-state index contributed by atoms with van der Waals surface area (Å²) >= 11 is 5.90. The van der Waals surface area contributed by atoms with Gasteiger partial charge in [-0.05, 0) is 37.1 Å². The van der Waals surface area contributed by atoms with Crippen molar-refractivity contribution in [1.29, 1.82) is 0 Å². The van der Waals surface area contributed by atoms with Crippen molar-refractivity contribution in [2.45, 2.75) is 19.4 Å². The predicted molar refractivity (Wildman–Crippen MR) is 77.4 cm³/mol. The summed E-state index contributed by atoms with van der Waals surface area (Å²) in [5, 5.41) is 13.8. The first-order valence-corrected chi connectivity index (χ1v) is 6.63. The standard InChI is InChI=1S/C14H13ClN2O4/c1-9(7-10-3-2-4-11(15)8-10)16-14(18)12-5-6-13(21-12)17(19)20/h2-6,8-9H,7H2,1H3,(H,16,18)/t9-/m0/s1. The van der Waals surface area contributed by atoms with Gasteiger partial charge in [-0.2, -0.15) is 0 Å². The molecule has 0 aliphatic heterocycles. The third-order valence-corrected chi connectivity index (χ3v) is 3.04. The highest BCUT2D eigenvalue weighted by Crippen LogP contribution is 2.16. The van der Waals surface area contributed by atoms with E-state index in [0.29, 0.717) is 11.4 Å². The summed E-state index contributed by atoms with van der Waals surface area (Å²) in [5.74, 6) is -1.03. The molecule has 0 unspecified atom stereocenters. The van der Waals surface area contributed by atoms with Crippen LogP contribution in [-0.2, 0) is 6.42 Å². The van der Waals surface area contributed by atoms with Gasteiger partial charge in [-0.1, -0.05) is 23.7 Å². The summed E-state index contributed by atoms with van der Waals surface area (Å²) < 4.78 is 4.84. The fourth-order valence-electron chi connectivity index (χ4n) is 1.91. The maximum Gasteiger partial charge on any atom is 0.433 e. The lowest BCUT2D eigenvalue weighted by Gasteiger charge is -2.13. The van der Waals surface area contributed by atoms with Gasteiger partial charge in [0.1, 0.15) is 4.92 Å². The molecule has 1 heterocycles. The van der Waals surface area contributed by atoms with E-state index >= 15 is 0 Å². The van der Waals surface area contributed by atoms with E-state index < -0.39 is 16.7 Å². The number of hydrogen-bond acceptors (Lipinski definition) is 4. The summed E-state index contributed by atoms with van der Waals surface area (Å²) in [7, 11) is 0. The Kier molecular flexibility index (Phi) is 4.59. The average molecular weight is 309 g/mol.